The van der Waals surface area contributed by atoms with Crippen molar-refractivity contribution in [1.29, 1.82) is 0 Å². The number of amides is 2. The predicted octanol–water partition coefficient (Wildman–Crippen LogP) is 0.261. The number of imide groups is 1. The van der Waals surface area contributed by atoms with Gasteiger partial charge in [-0.2, -0.15) is 0 Å². The first-order valence-corrected chi connectivity index (χ1v) is 4.69. The molecule has 13 heavy (non-hydrogen) atoms. The Hall–Kier alpha value is -0.900. The molecule has 4 nitrogen and oxygen atoms in total. The van der Waals surface area contributed by atoms with Crippen LogP contribution < -0.4 is 5.73 Å². The van der Waals surface area contributed by atoms with Gasteiger partial charge in [-0.3, -0.25) is 14.5 Å². The lowest BCUT2D eigenvalue weighted by molar-refractivity contribution is -0.151. The summed E-state index contributed by atoms with van der Waals surface area (Å²) in [6.45, 7) is 3.82. The SMILES string of the molecule is CCC(C)N1C(=O)CCC(N)C1=O. The zero-order valence-electron chi connectivity index (χ0n) is 8.12. The van der Waals surface area contributed by atoms with Crippen LogP contribution in [0.2, 0.25) is 0 Å². The number of rotatable bonds is 2. The van der Waals surface area contributed by atoms with Crippen LogP contribution in [0.25, 0.3) is 0 Å². The molecule has 1 saturated heterocycles. The molecule has 1 aliphatic heterocycles. The summed E-state index contributed by atoms with van der Waals surface area (Å²) in [4.78, 5) is 24.2. The number of carbonyl (C=O) groups excluding carboxylic acids is 2. The van der Waals surface area contributed by atoms with E-state index in [2.05, 4.69) is 0 Å². The molecule has 0 saturated carbocycles. The van der Waals surface area contributed by atoms with Gasteiger partial charge in [-0.25, -0.2) is 0 Å². The second-order valence-electron chi connectivity index (χ2n) is 3.50. The van der Waals surface area contributed by atoms with E-state index in [1.807, 2.05) is 13.8 Å². The van der Waals surface area contributed by atoms with Crippen molar-refractivity contribution in [3.8, 4) is 0 Å². The summed E-state index contributed by atoms with van der Waals surface area (Å²) in [6, 6.07) is -0.502. The average Bonchev–Trinajstić information content (AvgIpc) is 2.12. The normalized spacial score (nSPS) is 26.4. The summed E-state index contributed by atoms with van der Waals surface area (Å²) < 4.78 is 0. The molecule has 1 fully saturated rings. The highest BCUT2D eigenvalue weighted by atomic mass is 16.2. The Morgan fingerprint density at radius 1 is 1.62 bits per heavy atom. The Morgan fingerprint density at radius 3 is 2.77 bits per heavy atom. The van der Waals surface area contributed by atoms with Crippen molar-refractivity contribution in [2.75, 3.05) is 0 Å². The van der Waals surface area contributed by atoms with E-state index in [1.165, 1.54) is 4.90 Å². The molecule has 2 N–H and O–H groups in total. The number of piperidine rings is 1. The maximum Gasteiger partial charge on any atom is 0.246 e. The van der Waals surface area contributed by atoms with Crippen molar-refractivity contribution in [1.82, 2.24) is 4.90 Å². The molecule has 1 aliphatic rings. The molecule has 2 atom stereocenters. The predicted molar refractivity (Wildman–Crippen MR) is 48.8 cm³/mol. The largest absolute Gasteiger partial charge is 0.320 e. The van der Waals surface area contributed by atoms with Gasteiger partial charge in [-0.1, -0.05) is 6.92 Å². The van der Waals surface area contributed by atoms with E-state index in [-0.39, 0.29) is 17.9 Å². The zero-order valence-corrected chi connectivity index (χ0v) is 8.12. The van der Waals surface area contributed by atoms with Crippen molar-refractivity contribution in [2.24, 2.45) is 5.73 Å². The second kappa shape index (κ2) is 3.87. The highest BCUT2D eigenvalue weighted by Crippen LogP contribution is 2.16. The standard InChI is InChI=1S/C9H16N2O2/c1-3-6(2)11-8(12)5-4-7(10)9(11)13/h6-7H,3-5,10H2,1-2H3. The number of nitrogens with two attached hydrogens (primary N) is 1. The molecule has 1 rings (SSSR count). The van der Waals surface area contributed by atoms with Gasteiger partial charge in [0.25, 0.3) is 0 Å². The second-order valence-corrected chi connectivity index (χ2v) is 3.50. The topological polar surface area (TPSA) is 63.4 Å². The molecule has 2 unspecified atom stereocenters. The fraction of sp³-hybridized carbons (Fsp3) is 0.778. The summed E-state index contributed by atoms with van der Waals surface area (Å²) in [5.41, 5.74) is 5.58. The Balaban J connectivity index is 2.78. The van der Waals surface area contributed by atoms with Crippen LogP contribution in [0.1, 0.15) is 33.1 Å². The van der Waals surface area contributed by atoms with Gasteiger partial charge in [0.05, 0.1) is 6.04 Å². The van der Waals surface area contributed by atoms with Crippen molar-refractivity contribution in [3.05, 3.63) is 0 Å². The number of likely N-dealkylation sites (tertiary alicyclic amines) is 1. The maximum absolute atomic E-state index is 11.5. The van der Waals surface area contributed by atoms with Crippen LogP contribution >= 0.6 is 0 Å². The van der Waals surface area contributed by atoms with Gasteiger partial charge < -0.3 is 5.73 Å². The minimum Gasteiger partial charge on any atom is -0.320 e. The Kier molecular flexibility index (Phi) is 3.03. The quantitative estimate of drug-likeness (QED) is 0.626. The molecule has 0 bridgehead atoms. The van der Waals surface area contributed by atoms with Crippen LogP contribution in [0, 0.1) is 0 Å². The smallest absolute Gasteiger partial charge is 0.246 e. The number of carbonyl (C=O) groups is 2. The highest BCUT2D eigenvalue weighted by molar-refractivity contribution is 6.00. The number of nitrogens with zero attached hydrogens (tertiary/aromatic N) is 1. The van der Waals surface area contributed by atoms with Crippen LogP contribution in [-0.4, -0.2) is 28.8 Å². The summed E-state index contributed by atoms with van der Waals surface area (Å²) in [7, 11) is 0. The van der Waals surface area contributed by atoms with Gasteiger partial charge in [0.15, 0.2) is 0 Å². The Labute approximate surface area is 78.1 Å². The van der Waals surface area contributed by atoms with Crippen LogP contribution in [0.3, 0.4) is 0 Å². The van der Waals surface area contributed by atoms with Crippen molar-refractivity contribution in [3.63, 3.8) is 0 Å². The van der Waals surface area contributed by atoms with Gasteiger partial charge in [-0.15, -0.1) is 0 Å². The van der Waals surface area contributed by atoms with Gasteiger partial charge in [0.2, 0.25) is 11.8 Å². The van der Waals surface area contributed by atoms with Crippen molar-refractivity contribution < 1.29 is 9.59 Å². The van der Waals surface area contributed by atoms with Crippen molar-refractivity contribution >= 4 is 11.8 Å². The van der Waals surface area contributed by atoms with E-state index in [1.54, 1.807) is 0 Å². The maximum atomic E-state index is 11.5. The van der Waals surface area contributed by atoms with E-state index in [9.17, 15) is 9.59 Å². The average molecular weight is 184 g/mol. The first-order chi connectivity index (χ1) is 6.07. The van der Waals surface area contributed by atoms with Gasteiger partial charge in [0, 0.05) is 12.5 Å². The molecule has 74 valence electrons. The molecule has 0 aromatic rings. The van der Waals surface area contributed by atoms with Gasteiger partial charge in [-0.05, 0) is 19.8 Å². The van der Waals surface area contributed by atoms with E-state index in [0.29, 0.717) is 12.8 Å². The Bertz CT molecular complexity index is 228. The first-order valence-electron chi connectivity index (χ1n) is 4.69. The molecule has 0 aromatic carbocycles. The highest BCUT2D eigenvalue weighted by Gasteiger charge is 2.34. The van der Waals surface area contributed by atoms with E-state index in [4.69, 9.17) is 5.73 Å². The third-order valence-electron chi connectivity index (χ3n) is 2.52. The first kappa shape index (κ1) is 10.2. The molecule has 4 heteroatoms. The third-order valence-corrected chi connectivity index (χ3v) is 2.52. The van der Waals surface area contributed by atoms with E-state index < -0.39 is 6.04 Å². The molecule has 0 radical (unpaired) electrons. The molecule has 0 aliphatic carbocycles. The Morgan fingerprint density at radius 2 is 2.23 bits per heavy atom. The number of hydrogen-bond acceptors (Lipinski definition) is 3. The van der Waals surface area contributed by atoms with E-state index in [0.717, 1.165) is 6.42 Å². The monoisotopic (exact) mass is 184 g/mol. The molecular weight excluding hydrogens is 168 g/mol. The summed E-state index contributed by atoms with van der Waals surface area (Å²) >= 11 is 0. The molecule has 0 aromatic heterocycles. The minimum atomic E-state index is -0.480. The molecule has 1 heterocycles. The van der Waals surface area contributed by atoms with Crippen LogP contribution in [-0.2, 0) is 9.59 Å². The number of hydrogen-bond donors (Lipinski definition) is 1. The van der Waals surface area contributed by atoms with Crippen LogP contribution in [0.4, 0.5) is 0 Å². The lowest BCUT2D eigenvalue weighted by Gasteiger charge is -2.32. The fourth-order valence-corrected chi connectivity index (χ4v) is 1.47. The lowest BCUT2D eigenvalue weighted by Crippen LogP contribution is -2.54. The third kappa shape index (κ3) is 1.88. The fourth-order valence-electron chi connectivity index (χ4n) is 1.47. The van der Waals surface area contributed by atoms with E-state index >= 15 is 0 Å². The molecular formula is C9H16N2O2. The van der Waals surface area contributed by atoms with Crippen molar-refractivity contribution in [2.45, 2.75) is 45.2 Å². The molecule has 0 spiro atoms. The molecule has 2 amide bonds. The summed E-state index contributed by atoms with van der Waals surface area (Å²) in [6.07, 6.45) is 1.67. The summed E-state index contributed by atoms with van der Waals surface area (Å²) in [5.74, 6) is -0.299. The summed E-state index contributed by atoms with van der Waals surface area (Å²) in [5, 5.41) is 0. The zero-order chi connectivity index (χ0) is 10.0. The van der Waals surface area contributed by atoms with Gasteiger partial charge >= 0.3 is 0 Å². The van der Waals surface area contributed by atoms with Crippen LogP contribution in [0.15, 0.2) is 0 Å². The lowest BCUT2D eigenvalue weighted by atomic mass is 10.0. The van der Waals surface area contributed by atoms with Crippen LogP contribution in [0.5, 0.6) is 0 Å². The van der Waals surface area contributed by atoms with Gasteiger partial charge in [0.1, 0.15) is 0 Å². The minimum absolute atomic E-state index is 0.0219.